The third-order valence-electron chi connectivity index (χ3n) is 4.56. The second-order valence-electron chi connectivity index (χ2n) is 6.52. The van der Waals surface area contributed by atoms with Gasteiger partial charge in [0.25, 0.3) is 0 Å². The number of pyridine rings is 1. The predicted molar refractivity (Wildman–Crippen MR) is 104 cm³/mol. The number of hydroxylamine groups is 2. The molecule has 0 amide bonds. The van der Waals surface area contributed by atoms with Crippen LogP contribution in [0.3, 0.4) is 0 Å². The first-order chi connectivity index (χ1) is 14.0. The molecule has 0 aliphatic carbocycles. The lowest BCUT2D eigenvalue weighted by atomic mass is 10.1. The molecule has 0 spiro atoms. The van der Waals surface area contributed by atoms with Crippen molar-refractivity contribution < 1.29 is 23.1 Å². The second kappa shape index (κ2) is 8.52. The quantitative estimate of drug-likeness (QED) is 0.552. The first-order valence-corrected chi connectivity index (χ1v) is 9.98. The third-order valence-corrected chi connectivity index (χ3v) is 5.44. The fourth-order valence-corrected chi connectivity index (χ4v) is 3.99. The fourth-order valence-electron chi connectivity index (χ4n) is 3.08. The molecule has 0 radical (unpaired) electrons. The highest BCUT2D eigenvalue weighted by Crippen LogP contribution is 2.34. The molecule has 0 saturated carbocycles. The van der Waals surface area contributed by atoms with Gasteiger partial charge in [-0.2, -0.15) is 8.78 Å². The predicted octanol–water partition coefficient (Wildman–Crippen LogP) is 3.92. The second-order valence-corrected chi connectivity index (χ2v) is 7.48. The highest BCUT2D eigenvalue weighted by molar-refractivity contribution is 7.98. The number of aromatic amines is 1. The van der Waals surface area contributed by atoms with Crippen LogP contribution in [0.1, 0.15) is 16.8 Å². The number of alkyl halides is 2. The Hall–Kier alpha value is -2.43. The van der Waals surface area contributed by atoms with Crippen LogP contribution in [0.2, 0.25) is 0 Å². The van der Waals surface area contributed by atoms with Gasteiger partial charge < -0.3 is 19.3 Å². The maximum absolute atomic E-state index is 12.4. The summed E-state index contributed by atoms with van der Waals surface area (Å²) in [5, 5.41) is 2.54. The van der Waals surface area contributed by atoms with Crippen LogP contribution in [-0.2, 0) is 17.0 Å². The standard InChI is InChI=1S/C19H20F2N4O3S/c1-11-16(22-8-12-9-25(5-6-26-2)28-17(11)12)10-29-19-23-14-4-3-13(27-18(20)21)7-15(14)24-19/h3-4,7-8,18H,5-6,9-10H2,1-2H3,(H,23,24). The number of thioether (sulfide) groups is 1. The molecule has 7 nitrogen and oxygen atoms in total. The number of ether oxygens (including phenoxy) is 2. The Balaban J connectivity index is 1.44. The van der Waals surface area contributed by atoms with Gasteiger partial charge in [-0.25, -0.2) is 4.98 Å². The highest BCUT2D eigenvalue weighted by Gasteiger charge is 2.24. The fraction of sp³-hybridized carbons (Fsp3) is 0.368. The summed E-state index contributed by atoms with van der Waals surface area (Å²) in [6.45, 7) is 1.11. The number of fused-ring (bicyclic) bond motifs is 2. The monoisotopic (exact) mass is 422 g/mol. The smallest absolute Gasteiger partial charge is 0.387 e. The molecule has 154 valence electrons. The van der Waals surface area contributed by atoms with Gasteiger partial charge in [0.1, 0.15) is 5.75 Å². The molecule has 0 atom stereocenters. The largest absolute Gasteiger partial charge is 0.435 e. The van der Waals surface area contributed by atoms with E-state index in [-0.39, 0.29) is 5.75 Å². The molecule has 0 saturated heterocycles. The molecule has 3 aromatic rings. The van der Waals surface area contributed by atoms with E-state index in [9.17, 15) is 8.78 Å². The number of H-pyrrole nitrogens is 1. The summed E-state index contributed by atoms with van der Waals surface area (Å²) < 4.78 is 34.3. The summed E-state index contributed by atoms with van der Waals surface area (Å²) >= 11 is 1.49. The minimum atomic E-state index is -2.86. The Bertz CT molecular complexity index is 1010. The number of imidazole rings is 1. The van der Waals surface area contributed by atoms with Gasteiger partial charge in [0.2, 0.25) is 0 Å². The van der Waals surface area contributed by atoms with E-state index in [0.29, 0.717) is 41.6 Å². The molecular weight excluding hydrogens is 402 g/mol. The lowest BCUT2D eigenvalue weighted by Crippen LogP contribution is -2.25. The van der Waals surface area contributed by atoms with Crippen LogP contribution in [0, 0.1) is 6.92 Å². The summed E-state index contributed by atoms with van der Waals surface area (Å²) in [4.78, 5) is 18.1. The van der Waals surface area contributed by atoms with E-state index < -0.39 is 6.61 Å². The van der Waals surface area contributed by atoms with Crippen LogP contribution in [0.5, 0.6) is 11.5 Å². The topological polar surface area (TPSA) is 72.5 Å². The Morgan fingerprint density at radius 2 is 2.24 bits per heavy atom. The van der Waals surface area contributed by atoms with Crippen molar-refractivity contribution in [3.8, 4) is 11.5 Å². The molecule has 4 rings (SSSR count). The normalized spacial score (nSPS) is 13.8. The maximum Gasteiger partial charge on any atom is 0.387 e. The van der Waals surface area contributed by atoms with Gasteiger partial charge in [-0.05, 0) is 19.1 Å². The van der Waals surface area contributed by atoms with Gasteiger partial charge in [0, 0.05) is 36.3 Å². The molecule has 10 heteroatoms. The van der Waals surface area contributed by atoms with Gasteiger partial charge in [-0.3, -0.25) is 4.98 Å². The molecule has 3 heterocycles. The molecule has 1 N–H and O–H groups in total. The van der Waals surface area contributed by atoms with Crippen LogP contribution < -0.4 is 9.57 Å². The zero-order chi connectivity index (χ0) is 20.4. The van der Waals surface area contributed by atoms with Crippen LogP contribution in [0.25, 0.3) is 11.0 Å². The van der Waals surface area contributed by atoms with Gasteiger partial charge in [0.15, 0.2) is 10.9 Å². The minimum Gasteiger partial charge on any atom is -0.435 e. The van der Waals surface area contributed by atoms with Gasteiger partial charge >= 0.3 is 6.61 Å². The van der Waals surface area contributed by atoms with E-state index in [4.69, 9.17) is 9.57 Å². The lowest BCUT2D eigenvalue weighted by molar-refractivity contribution is -0.0572. The van der Waals surface area contributed by atoms with Crippen molar-refractivity contribution in [1.82, 2.24) is 20.0 Å². The van der Waals surface area contributed by atoms with E-state index in [0.717, 1.165) is 22.6 Å². The number of benzene rings is 1. The van der Waals surface area contributed by atoms with E-state index in [2.05, 4.69) is 19.7 Å². The number of aromatic nitrogens is 3. The lowest BCUT2D eigenvalue weighted by Gasteiger charge is -2.14. The summed E-state index contributed by atoms with van der Waals surface area (Å²) in [5.74, 6) is 1.55. The number of rotatable bonds is 8. The summed E-state index contributed by atoms with van der Waals surface area (Å²) in [6.07, 6.45) is 1.84. The zero-order valence-electron chi connectivity index (χ0n) is 15.9. The van der Waals surface area contributed by atoms with Crippen molar-refractivity contribution in [2.24, 2.45) is 0 Å². The highest BCUT2D eigenvalue weighted by atomic mass is 32.2. The minimum absolute atomic E-state index is 0.0963. The maximum atomic E-state index is 12.4. The molecule has 29 heavy (non-hydrogen) atoms. The Labute approximate surface area is 170 Å². The van der Waals surface area contributed by atoms with E-state index >= 15 is 0 Å². The van der Waals surface area contributed by atoms with E-state index in [1.54, 1.807) is 13.2 Å². The van der Waals surface area contributed by atoms with Crippen molar-refractivity contribution in [1.29, 1.82) is 0 Å². The average molecular weight is 422 g/mol. The third kappa shape index (κ3) is 4.44. The average Bonchev–Trinajstić information content (AvgIpc) is 3.29. The molecule has 2 aromatic heterocycles. The van der Waals surface area contributed by atoms with Crippen LogP contribution in [0.15, 0.2) is 29.6 Å². The van der Waals surface area contributed by atoms with Crippen LogP contribution >= 0.6 is 11.8 Å². The molecule has 1 aliphatic rings. The van der Waals surface area contributed by atoms with Gasteiger partial charge in [-0.1, -0.05) is 11.8 Å². The number of halogens is 2. The molecule has 1 aromatic carbocycles. The molecule has 0 fully saturated rings. The number of hydrogen-bond acceptors (Lipinski definition) is 7. The number of methoxy groups -OCH3 is 1. The summed E-state index contributed by atoms with van der Waals surface area (Å²) in [7, 11) is 1.66. The SMILES string of the molecule is COCCN1Cc2cnc(CSc3nc4ccc(OC(F)F)cc4[nH]3)c(C)c2O1. The number of nitrogens with zero attached hydrogens (tertiary/aromatic N) is 3. The molecule has 1 aliphatic heterocycles. The van der Waals surface area contributed by atoms with E-state index in [1.165, 1.54) is 23.9 Å². The zero-order valence-corrected chi connectivity index (χ0v) is 16.8. The summed E-state index contributed by atoms with van der Waals surface area (Å²) in [5.41, 5.74) is 4.29. The van der Waals surface area contributed by atoms with Crippen LogP contribution in [0.4, 0.5) is 8.78 Å². The van der Waals surface area contributed by atoms with Crippen molar-refractivity contribution in [2.75, 3.05) is 20.3 Å². The van der Waals surface area contributed by atoms with Crippen molar-refractivity contribution in [2.45, 2.75) is 31.0 Å². The summed E-state index contributed by atoms with van der Waals surface area (Å²) in [6, 6.07) is 4.64. The van der Waals surface area contributed by atoms with Crippen molar-refractivity contribution >= 4 is 22.8 Å². The molecule has 0 unspecified atom stereocenters. The first-order valence-electron chi connectivity index (χ1n) is 9.00. The van der Waals surface area contributed by atoms with Crippen molar-refractivity contribution in [3.63, 3.8) is 0 Å². The number of nitrogens with one attached hydrogen (secondary N) is 1. The van der Waals surface area contributed by atoms with Crippen molar-refractivity contribution in [3.05, 3.63) is 41.2 Å². The Morgan fingerprint density at radius 1 is 1.38 bits per heavy atom. The Morgan fingerprint density at radius 3 is 3.03 bits per heavy atom. The molecular formula is C19H20F2N4O3S. The van der Waals surface area contributed by atoms with Gasteiger partial charge in [-0.15, -0.1) is 5.06 Å². The van der Waals surface area contributed by atoms with Crippen LogP contribution in [-0.4, -0.2) is 46.9 Å². The van der Waals surface area contributed by atoms with E-state index in [1.807, 2.05) is 18.2 Å². The first kappa shape index (κ1) is 19.9. The Kier molecular flexibility index (Phi) is 5.84. The van der Waals surface area contributed by atoms with Gasteiger partial charge in [0.05, 0.1) is 36.4 Å². The molecule has 0 bridgehead atoms. The number of hydrogen-bond donors (Lipinski definition) is 1.